The number of hydrogen-bond donors (Lipinski definition) is 4. The number of aliphatic hydroxyl groups is 3. The van der Waals surface area contributed by atoms with Gasteiger partial charge in [0.05, 0.1) is 18.8 Å². The molecule has 0 saturated heterocycles. The van der Waals surface area contributed by atoms with E-state index >= 15 is 0 Å². The summed E-state index contributed by atoms with van der Waals surface area (Å²) in [5, 5.41) is 33.2. The Morgan fingerprint density at radius 1 is 0.571 bits per heavy atom. The maximum absolute atomic E-state index is 12.3. The number of rotatable bonds is 33. The standard InChI is InChI=1S/C37H73NO4/c1-3-5-7-9-11-13-14-15-16-17-18-19-20-21-22-23-24-26-28-30-32-36(41)38-34(33-39)37(42)35(40)31-29-27-25-12-10-8-6-4-2/h18-19,34-35,37,39-40,42H,3-17,20-33H2,1-2H3,(H,38,41)/b19-18-. The van der Waals surface area contributed by atoms with Gasteiger partial charge in [-0.25, -0.2) is 0 Å². The number of aliphatic hydroxyl groups excluding tert-OH is 3. The van der Waals surface area contributed by atoms with Crippen LogP contribution in [0.15, 0.2) is 12.2 Å². The summed E-state index contributed by atoms with van der Waals surface area (Å²) in [6.07, 6.45) is 36.0. The molecule has 0 saturated carbocycles. The Hall–Kier alpha value is -0.910. The lowest BCUT2D eigenvalue weighted by atomic mass is 9.99. The molecule has 0 aromatic heterocycles. The zero-order valence-electron chi connectivity index (χ0n) is 28.1. The van der Waals surface area contributed by atoms with Crippen LogP contribution in [0.1, 0.15) is 194 Å². The summed E-state index contributed by atoms with van der Waals surface area (Å²) in [7, 11) is 0. The van der Waals surface area contributed by atoms with Crippen molar-refractivity contribution in [2.24, 2.45) is 0 Å². The second-order valence-electron chi connectivity index (χ2n) is 12.8. The van der Waals surface area contributed by atoms with Crippen molar-refractivity contribution in [1.29, 1.82) is 0 Å². The van der Waals surface area contributed by atoms with Crippen LogP contribution in [0.5, 0.6) is 0 Å². The van der Waals surface area contributed by atoms with Crippen LogP contribution in [0, 0.1) is 0 Å². The van der Waals surface area contributed by atoms with Crippen LogP contribution in [-0.4, -0.2) is 46.1 Å². The lowest BCUT2D eigenvalue weighted by Crippen LogP contribution is -2.50. The third kappa shape index (κ3) is 27.9. The van der Waals surface area contributed by atoms with Crippen LogP contribution in [-0.2, 0) is 4.79 Å². The highest BCUT2D eigenvalue weighted by molar-refractivity contribution is 5.76. The Kier molecular flexibility index (Phi) is 32.3. The molecule has 5 heteroatoms. The van der Waals surface area contributed by atoms with Crippen LogP contribution >= 0.6 is 0 Å². The van der Waals surface area contributed by atoms with E-state index in [1.54, 1.807) is 0 Å². The number of amides is 1. The first-order valence-corrected chi connectivity index (χ1v) is 18.5. The Balaban J connectivity index is 3.62. The normalized spacial score (nSPS) is 13.9. The lowest BCUT2D eigenvalue weighted by Gasteiger charge is -2.26. The Labute approximate surface area is 261 Å². The number of nitrogens with one attached hydrogen (secondary N) is 1. The fourth-order valence-corrected chi connectivity index (χ4v) is 5.68. The zero-order chi connectivity index (χ0) is 30.9. The smallest absolute Gasteiger partial charge is 0.220 e. The topological polar surface area (TPSA) is 89.8 Å². The number of unbranched alkanes of at least 4 members (excludes halogenated alkanes) is 23. The largest absolute Gasteiger partial charge is 0.394 e. The average Bonchev–Trinajstić information content (AvgIpc) is 2.99. The number of allylic oxidation sites excluding steroid dienone is 2. The third-order valence-corrected chi connectivity index (χ3v) is 8.62. The molecule has 0 aromatic rings. The summed E-state index contributed by atoms with van der Waals surface area (Å²) in [6, 6.07) is -0.805. The second-order valence-corrected chi connectivity index (χ2v) is 12.8. The number of carbonyl (C=O) groups is 1. The molecule has 0 aliphatic carbocycles. The molecule has 0 heterocycles. The summed E-state index contributed by atoms with van der Waals surface area (Å²) >= 11 is 0. The van der Waals surface area contributed by atoms with Gasteiger partial charge in [-0.1, -0.05) is 161 Å². The summed E-state index contributed by atoms with van der Waals surface area (Å²) in [6.45, 7) is 4.13. The van der Waals surface area contributed by atoms with Gasteiger partial charge in [-0.05, 0) is 38.5 Å². The zero-order valence-corrected chi connectivity index (χ0v) is 28.1. The van der Waals surface area contributed by atoms with Crippen LogP contribution in [0.25, 0.3) is 0 Å². The van der Waals surface area contributed by atoms with Crippen molar-refractivity contribution < 1.29 is 20.1 Å². The molecule has 42 heavy (non-hydrogen) atoms. The van der Waals surface area contributed by atoms with Crippen LogP contribution < -0.4 is 5.32 Å². The molecule has 3 unspecified atom stereocenters. The Bertz CT molecular complexity index is 582. The van der Waals surface area contributed by atoms with E-state index in [1.807, 2.05) is 0 Å². The number of carbonyl (C=O) groups excluding carboxylic acids is 1. The van der Waals surface area contributed by atoms with Gasteiger partial charge < -0.3 is 20.6 Å². The molecule has 3 atom stereocenters. The first-order valence-electron chi connectivity index (χ1n) is 18.5. The highest BCUT2D eigenvalue weighted by Crippen LogP contribution is 2.15. The SMILES string of the molecule is CCCCCCCCCCC/C=C\CCCCCCCCCC(=O)NC(CO)C(O)C(O)CCCCCCCCCC. The van der Waals surface area contributed by atoms with Crippen LogP contribution in [0.3, 0.4) is 0 Å². The molecule has 0 bridgehead atoms. The Morgan fingerprint density at radius 3 is 1.38 bits per heavy atom. The van der Waals surface area contributed by atoms with Crippen LogP contribution in [0.4, 0.5) is 0 Å². The molecular formula is C37H73NO4. The molecule has 0 fully saturated rings. The average molecular weight is 596 g/mol. The van der Waals surface area contributed by atoms with Gasteiger partial charge in [-0.3, -0.25) is 4.79 Å². The van der Waals surface area contributed by atoms with E-state index in [9.17, 15) is 20.1 Å². The highest BCUT2D eigenvalue weighted by atomic mass is 16.3. The molecule has 0 aromatic carbocycles. The van der Waals surface area contributed by atoms with Gasteiger partial charge in [0.15, 0.2) is 0 Å². The molecule has 0 aliphatic heterocycles. The quantitative estimate of drug-likeness (QED) is 0.0449. The molecule has 250 valence electrons. The van der Waals surface area contributed by atoms with E-state index in [0.29, 0.717) is 12.8 Å². The summed E-state index contributed by atoms with van der Waals surface area (Å²) in [5.41, 5.74) is 0. The summed E-state index contributed by atoms with van der Waals surface area (Å²) in [5.74, 6) is -0.151. The van der Waals surface area contributed by atoms with Gasteiger partial charge in [0.2, 0.25) is 5.91 Å². The molecule has 5 nitrogen and oxygen atoms in total. The van der Waals surface area contributed by atoms with Gasteiger partial charge in [-0.15, -0.1) is 0 Å². The maximum Gasteiger partial charge on any atom is 0.220 e. The van der Waals surface area contributed by atoms with Gasteiger partial charge in [0.1, 0.15) is 6.10 Å². The van der Waals surface area contributed by atoms with E-state index in [2.05, 4.69) is 31.3 Å². The molecule has 0 aliphatic rings. The fraction of sp³-hybridized carbons (Fsp3) is 0.919. The predicted molar refractivity (Wildman–Crippen MR) is 181 cm³/mol. The van der Waals surface area contributed by atoms with Crippen molar-refractivity contribution in [3.05, 3.63) is 12.2 Å². The molecule has 0 radical (unpaired) electrons. The first kappa shape index (κ1) is 41.1. The fourth-order valence-electron chi connectivity index (χ4n) is 5.68. The van der Waals surface area contributed by atoms with E-state index in [-0.39, 0.29) is 12.5 Å². The molecule has 1 amide bonds. The number of hydrogen-bond acceptors (Lipinski definition) is 4. The maximum atomic E-state index is 12.3. The van der Waals surface area contributed by atoms with Crippen molar-refractivity contribution in [2.75, 3.05) is 6.61 Å². The van der Waals surface area contributed by atoms with E-state index in [1.165, 1.54) is 128 Å². The Morgan fingerprint density at radius 2 is 0.952 bits per heavy atom. The van der Waals surface area contributed by atoms with Crippen LogP contribution in [0.2, 0.25) is 0 Å². The minimum Gasteiger partial charge on any atom is -0.394 e. The van der Waals surface area contributed by atoms with Gasteiger partial charge in [0.25, 0.3) is 0 Å². The van der Waals surface area contributed by atoms with E-state index < -0.39 is 18.2 Å². The van der Waals surface area contributed by atoms with Gasteiger partial charge >= 0.3 is 0 Å². The van der Waals surface area contributed by atoms with Crippen molar-refractivity contribution >= 4 is 5.91 Å². The van der Waals surface area contributed by atoms with E-state index in [4.69, 9.17) is 0 Å². The second kappa shape index (κ2) is 33.0. The van der Waals surface area contributed by atoms with Gasteiger partial charge in [-0.2, -0.15) is 0 Å². The van der Waals surface area contributed by atoms with Crippen molar-refractivity contribution in [2.45, 2.75) is 212 Å². The molecule has 0 rings (SSSR count). The minimum absolute atomic E-state index is 0.151. The monoisotopic (exact) mass is 596 g/mol. The summed E-state index contributed by atoms with van der Waals surface area (Å²) in [4.78, 5) is 12.3. The van der Waals surface area contributed by atoms with Crippen molar-refractivity contribution in [1.82, 2.24) is 5.32 Å². The predicted octanol–water partition coefficient (Wildman–Crippen LogP) is 9.70. The third-order valence-electron chi connectivity index (χ3n) is 8.62. The lowest BCUT2D eigenvalue weighted by molar-refractivity contribution is -0.124. The van der Waals surface area contributed by atoms with E-state index in [0.717, 1.165) is 38.5 Å². The molecule has 0 spiro atoms. The molecular weight excluding hydrogens is 522 g/mol. The summed E-state index contributed by atoms with van der Waals surface area (Å²) < 4.78 is 0. The first-order chi connectivity index (χ1) is 20.6. The van der Waals surface area contributed by atoms with Gasteiger partial charge in [0, 0.05) is 6.42 Å². The molecule has 4 N–H and O–H groups in total. The van der Waals surface area contributed by atoms with Crippen molar-refractivity contribution in [3.8, 4) is 0 Å². The van der Waals surface area contributed by atoms with Crippen molar-refractivity contribution in [3.63, 3.8) is 0 Å². The minimum atomic E-state index is -1.13. The highest BCUT2D eigenvalue weighted by Gasteiger charge is 2.26.